The van der Waals surface area contributed by atoms with Crippen molar-refractivity contribution >= 4 is 5.91 Å². The van der Waals surface area contributed by atoms with E-state index >= 15 is 0 Å². The van der Waals surface area contributed by atoms with Crippen LogP contribution in [-0.4, -0.2) is 36.5 Å². The Morgan fingerprint density at radius 2 is 2.23 bits per heavy atom. The topological polar surface area (TPSA) is 41.6 Å². The van der Waals surface area contributed by atoms with Crippen molar-refractivity contribution in [3.8, 4) is 0 Å². The molecule has 73 valence electrons. The lowest BCUT2D eigenvalue weighted by Crippen LogP contribution is -2.42. The Morgan fingerprint density at radius 3 is 2.85 bits per heavy atom. The fourth-order valence-corrected chi connectivity index (χ4v) is 1.76. The van der Waals surface area contributed by atoms with Gasteiger partial charge in [0.1, 0.15) is 0 Å². The number of carbonyl (C=O) groups is 1. The highest BCUT2D eigenvalue weighted by Crippen LogP contribution is 2.13. The zero-order valence-electron chi connectivity index (χ0n) is 7.66. The van der Waals surface area contributed by atoms with Gasteiger partial charge in [-0.25, -0.2) is 5.48 Å². The SMILES string of the molecule is O=C(C1CCNO1)N1CC[CH]CC1. The molecule has 2 aliphatic rings. The lowest BCUT2D eigenvalue weighted by molar-refractivity contribution is -0.144. The van der Waals surface area contributed by atoms with E-state index in [-0.39, 0.29) is 12.0 Å². The van der Waals surface area contributed by atoms with Gasteiger partial charge in [0.15, 0.2) is 6.10 Å². The molecule has 2 fully saturated rings. The van der Waals surface area contributed by atoms with E-state index in [2.05, 4.69) is 11.9 Å². The second kappa shape index (κ2) is 4.07. The maximum atomic E-state index is 11.7. The van der Waals surface area contributed by atoms with Gasteiger partial charge in [-0.2, -0.15) is 0 Å². The fourth-order valence-electron chi connectivity index (χ4n) is 1.76. The van der Waals surface area contributed by atoms with Crippen LogP contribution < -0.4 is 5.48 Å². The van der Waals surface area contributed by atoms with Crippen LogP contribution in [0.2, 0.25) is 0 Å². The van der Waals surface area contributed by atoms with Crippen LogP contribution in [-0.2, 0) is 9.63 Å². The Morgan fingerprint density at radius 1 is 1.46 bits per heavy atom. The first kappa shape index (κ1) is 8.97. The van der Waals surface area contributed by atoms with Crippen molar-refractivity contribution in [2.24, 2.45) is 0 Å². The number of hydroxylamine groups is 1. The number of amides is 1. The summed E-state index contributed by atoms with van der Waals surface area (Å²) in [5, 5.41) is 0. The van der Waals surface area contributed by atoms with Crippen LogP contribution in [0.4, 0.5) is 0 Å². The third-order valence-corrected chi connectivity index (χ3v) is 2.53. The van der Waals surface area contributed by atoms with Crippen molar-refractivity contribution in [2.45, 2.75) is 25.4 Å². The number of rotatable bonds is 1. The van der Waals surface area contributed by atoms with Crippen molar-refractivity contribution in [3.63, 3.8) is 0 Å². The van der Waals surface area contributed by atoms with E-state index in [1.165, 1.54) is 0 Å². The van der Waals surface area contributed by atoms with Crippen molar-refractivity contribution < 1.29 is 9.63 Å². The Labute approximate surface area is 78.2 Å². The van der Waals surface area contributed by atoms with E-state index < -0.39 is 0 Å². The number of nitrogens with zero attached hydrogens (tertiary/aromatic N) is 1. The molecule has 4 nitrogen and oxygen atoms in total. The summed E-state index contributed by atoms with van der Waals surface area (Å²) in [6.45, 7) is 2.51. The van der Waals surface area contributed by atoms with E-state index in [9.17, 15) is 4.79 Å². The Hall–Kier alpha value is -0.610. The van der Waals surface area contributed by atoms with E-state index in [0.29, 0.717) is 0 Å². The van der Waals surface area contributed by atoms with Crippen LogP contribution in [0, 0.1) is 6.42 Å². The Balaban J connectivity index is 1.87. The number of likely N-dealkylation sites (tertiary alicyclic amines) is 1. The number of hydrogen-bond acceptors (Lipinski definition) is 3. The van der Waals surface area contributed by atoms with Gasteiger partial charge in [-0.15, -0.1) is 0 Å². The van der Waals surface area contributed by atoms with Gasteiger partial charge >= 0.3 is 0 Å². The lowest BCUT2D eigenvalue weighted by atomic mass is 10.1. The molecule has 13 heavy (non-hydrogen) atoms. The maximum absolute atomic E-state index is 11.7. The largest absolute Gasteiger partial charge is 0.340 e. The summed E-state index contributed by atoms with van der Waals surface area (Å²) in [4.78, 5) is 18.8. The molecule has 0 spiro atoms. The van der Waals surface area contributed by atoms with E-state index in [4.69, 9.17) is 4.84 Å². The molecule has 2 aliphatic heterocycles. The van der Waals surface area contributed by atoms with E-state index in [1.807, 2.05) is 4.90 Å². The van der Waals surface area contributed by atoms with Crippen molar-refractivity contribution in [1.82, 2.24) is 10.4 Å². The summed E-state index contributed by atoms with van der Waals surface area (Å²) < 4.78 is 0. The maximum Gasteiger partial charge on any atom is 0.253 e. The summed E-state index contributed by atoms with van der Waals surface area (Å²) in [5.41, 5.74) is 2.74. The molecule has 0 aliphatic carbocycles. The average molecular weight is 183 g/mol. The molecular formula is C9H15N2O2. The average Bonchev–Trinajstić information content (AvgIpc) is 2.71. The zero-order chi connectivity index (χ0) is 9.10. The van der Waals surface area contributed by atoms with Crippen LogP contribution in [0.1, 0.15) is 19.3 Å². The van der Waals surface area contributed by atoms with Gasteiger partial charge in [0.05, 0.1) is 0 Å². The molecule has 0 aromatic rings. The minimum Gasteiger partial charge on any atom is -0.340 e. The number of carbonyl (C=O) groups excluding carboxylic acids is 1. The quantitative estimate of drug-likeness (QED) is 0.627. The van der Waals surface area contributed by atoms with Gasteiger partial charge in [-0.05, 0) is 25.7 Å². The highest BCUT2D eigenvalue weighted by Gasteiger charge is 2.29. The second-order valence-corrected chi connectivity index (χ2v) is 3.48. The van der Waals surface area contributed by atoms with E-state index in [0.717, 1.165) is 38.9 Å². The van der Waals surface area contributed by atoms with E-state index in [1.54, 1.807) is 0 Å². The predicted octanol–water partition coefficient (Wildman–Crippen LogP) is 0.107. The van der Waals surface area contributed by atoms with Gasteiger partial charge in [-0.1, -0.05) is 0 Å². The molecule has 1 atom stereocenters. The molecule has 0 aromatic heterocycles. The minimum absolute atomic E-state index is 0.151. The Bertz CT molecular complexity index is 184. The molecule has 1 N–H and O–H groups in total. The van der Waals surface area contributed by atoms with Gasteiger partial charge in [-0.3, -0.25) is 9.63 Å². The van der Waals surface area contributed by atoms with Gasteiger partial charge < -0.3 is 4.90 Å². The summed E-state index contributed by atoms with van der Waals surface area (Å²) in [5.74, 6) is 0.151. The third-order valence-electron chi connectivity index (χ3n) is 2.53. The third kappa shape index (κ3) is 2.00. The first-order chi connectivity index (χ1) is 6.38. The first-order valence-corrected chi connectivity index (χ1v) is 4.87. The van der Waals surface area contributed by atoms with Crippen LogP contribution in [0.5, 0.6) is 0 Å². The molecule has 0 aromatic carbocycles. The van der Waals surface area contributed by atoms with Crippen LogP contribution in [0.15, 0.2) is 0 Å². The number of piperidine rings is 1. The first-order valence-electron chi connectivity index (χ1n) is 4.87. The summed E-state index contributed by atoms with van der Waals surface area (Å²) >= 11 is 0. The molecule has 1 radical (unpaired) electrons. The van der Waals surface area contributed by atoms with Crippen LogP contribution >= 0.6 is 0 Å². The molecular weight excluding hydrogens is 168 g/mol. The highest BCUT2D eigenvalue weighted by molar-refractivity contribution is 5.81. The molecule has 2 heterocycles. The van der Waals surface area contributed by atoms with Crippen molar-refractivity contribution in [2.75, 3.05) is 19.6 Å². The van der Waals surface area contributed by atoms with Crippen LogP contribution in [0.3, 0.4) is 0 Å². The van der Waals surface area contributed by atoms with Crippen LogP contribution in [0.25, 0.3) is 0 Å². The zero-order valence-corrected chi connectivity index (χ0v) is 7.66. The smallest absolute Gasteiger partial charge is 0.253 e. The molecule has 0 bridgehead atoms. The summed E-state index contributed by atoms with van der Waals surface area (Å²) in [6.07, 6.45) is 4.84. The standard InChI is InChI=1S/C9H15N2O2/c12-9(8-4-5-10-13-8)11-6-2-1-3-7-11/h1,8,10H,2-7H2. The normalized spacial score (nSPS) is 29.2. The fraction of sp³-hybridized carbons (Fsp3) is 0.778. The van der Waals surface area contributed by atoms with Gasteiger partial charge in [0, 0.05) is 19.6 Å². The molecule has 4 heteroatoms. The van der Waals surface area contributed by atoms with Gasteiger partial charge in [0.25, 0.3) is 5.91 Å². The molecule has 2 rings (SSSR count). The van der Waals surface area contributed by atoms with Crippen molar-refractivity contribution in [1.29, 1.82) is 0 Å². The number of nitrogens with one attached hydrogen (secondary N) is 1. The van der Waals surface area contributed by atoms with Gasteiger partial charge in [0.2, 0.25) is 0 Å². The predicted molar refractivity (Wildman–Crippen MR) is 47.6 cm³/mol. The summed E-state index contributed by atoms with van der Waals surface area (Å²) in [7, 11) is 0. The van der Waals surface area contributed by atoms with Crippen molar-refractivity contribution in [3.05, 3.63) is 6.42 Å². The Kier molecular flexibility index (Phi) is 2.80. The lowest BCUT2D eigenvalue weighted by Gasteiger charge is -2.28. The number of hydrogen-bond donors (Lipinski definition) is 1. The monoisotopic (exact) mass is 183 g/mol. The minimum atomic E-state index is -0.238. The molecule has 1 amide bonds. The summed E-state index contributed by atoms with van der Waals surface area (Å²) in [6, 6.07) is 0. The highest BCUT2D eigenvalue weighted by atomic mass is 16.7. The molecule has 2 saturated heterocycles. The molecule has 0 saturated carbocycles. The molecule has 1 unspecified atom stereocenters. The second-order valence-electron chi connectivity index (χ2n) is 3.48.